The van der Waals surface area contributed by atoms with Crippen LogP contribution in [-0.4, -0.2) is 56.2 Å². The number of pyridine rings is 1. The zero-order valence-corrected chi connectivity index (χ0v) is 25.1. The summed E-state index contributed by atoms with van der Waals surface area (Å²) in [7, 11) is 1.86. The molecule has 3 aromatic rings. The van der Waals surface area contributed by atoms with E-state index in [-0.39, 0.29) is 17.8 Å². The number of ether oxygens (including phenoxy) is 1. The molecule has 4 rings (SSSR count). The lowest BCUT2D eigenvalue weighted by atomic mass is 9.81. The number of fused-ring (bicyclic) bond motifs is 1. The van der Waals surface area contributed by atoms with Gasteiger partial charge >= 0.3 is 18.1 Å². The molecule has 1 unspecified atom stereocenters. The molecule has 12 heteroatoms. The maximum absolute atomic E-state index is 11.7. The van der Waals surface area contributed by atoms with Gasteiger partial charge in [0.2, 0.25) is 5.88 Å². The summed E-state index contributed by atoms with van der Waals surface area (Å²) in [6, 6.07) is 12.6. The summed E-state index contributed by atoms with van der Waals surface area (Å²) in [5.41, 5.74) is 6.48. The number of rotatable bonds is 9. The van der Waals surface area contributed by atoms with Crippen LogP contribution in [0, 0.1) is 6.92 Å². The molecule has 1 aliphatic heterocycles. The number of hydrogen-bond acceptors (Lipinski definition) is 6. The number of alkyl halides is 3. The number of aliphatic carboxylic acids is 2. The van der Waals surface area contributed by atoms with E-state index in [0.717, 1.165) is 47.7 Å². The van der Waals surface area contributed by atoms with Crippen molar-refractivity contribution in [2.24, 2.45) is 7.05 Å². The second-order valence-corrected chi connectivity index (χ2v) is 11.7. The standard InChI is InChI=1S/C29H38N4O3.C2HF3O2/c1-19-8-10-22(29(2,3)4)17-25(19)21(16-27(34)35)15-24-18-26(33(5)32-24)36-14-12-23-11-9-20-7-6-13-30-28(20)31-23;3-2(4,5)1(6)7/h8-11,17-18,21H,6-7,12-16H2,1-5H3,(H,30,31)(H,34,35);(H,6,7). The van der Waals surface area contributed by atoms with Gasteiger partial charge in [-0.3, -0.25) is 4.79 Å². The lowest BCUT2D eigenvalue weighted by molar-refractivity contribution is -0.192. The maximum atomic E-state index is 11.7. The molecule has 3 heterocycles. The summed E-state index contributed by atoms with van der Waals surface area (Å²) in [6.45, 7) is 10.0. The SMILES string of the molecule is Cc1ccc(C(C)(C)C)cc1C(CC(=O)O)Cc1cc(OCCc2ccc3c(n2)NCCC3)n(C)n1.O=C(O)C(F)(F)F. The molecule has 2 aromatic heterocycles. The van der Waals surface area contributed by atoms with Gasteiger partial charge in [-0.25, -0.2) is 14.5 Å². The number of carboxylic acid groups (broad SMARTS) is 2. The number of aromatic nitrogens is 3. The van der Waals surface area contributed by atoms with Crippen molar-refractivity contribution >= 4 is 17.8 Å². The van der Waals surface area contributed by atoms with E-state index in [1.165, 1.54) is 11.1 Å². The van der Waals surface area contributed by atoms with Crippen LogP contribution in [0.3, 0.4) is 0 Å². The molecule has 1 aliphatic rings. The topological polar surface area (TPSA) is 127 Å². The summed E-state index contributed by atoms with van der Waals surface area (Å²) < 4.78 is 39.5. The molecule has 9 nitrogen and oxygen atoms in total. The minimum atomic E-state index is -5.08. The van der Waals surface area contributed by atoms with Crippen LogP contribution in [0.4, 0.5) is 19.0 Å². The molecular weight excluding hydrogens is 565 g/mol. The molecule has 0 fully saturated rings. The van der Waals surface area contributed by atoms with Crippen LogP contribution < -0.4 is 10.1 Å². The molecule has 0 aliphatic carbocycles. The van der Waals surface area contributed by atoms with E-state index < -0.39 is 18.1 Å². The minimum absolute atomic E-state index is 0.00873. The number of hydrogen-bond donors (Lipinski definition) is 3. The van der Waals surface area contributed by atoms with Gasteiger partial charge in [-0.1, -0.05) is 45.0 Å². The molecule has 0 spiro atoms. The van der Waals surface area contributed by atoms with Crippen LogP contribution in [0.2, 0.25) is 0 Å². The molecule has 0 amide bonds. The third-order valence-corrected chi connectivity index (χ3v) is 7.15. The Morgan fingerprint density at radius 2 is 1.79 bits per heavy atom. The van der Waals surface area contributed by atoms with Crippen molar-refractivity contribution in [3.63, 3.8) is 0 Å². The monoisotopic (exact) mass is 604 g/mol. The van der Waals surface area contributed by atoms with Crippen molar-refractivity contribution in [2.45, 2.75) is 77.3 Å². The fraction of sp³-hybridized carbons (Fsp3) is 0.484. The predicted molar refractivity (Wildman–Crippen MR) is 156 cm³/mol. The predicted octanol–water partition coefficient (Wildman–Crippen LogP) is 5.83. The molecule has 1 atom stereocenters. The largest absolute Gasteiger partial charge is 0.490 e. The van der Waals surface area contributed by atoms with Crippen molar-refractivity contribution in [1.29, 1.82) is 0 Å². The minimum Gasteiger partial charge on any atom is -0.481 e. The Morgan fingerprint density at radius 3 is 2.42 bits per heavy atom. The highest BCUT2D eigenvalue weighted by atomic mass is 19.4. The van der Waals surface area contributed by atoms with E-state index in [0.29, 0.717) is 25.3 Å². The van der Waals surface area contributed by atoms with Crippen molar-refractivity contribution in [1.82, 2.24) is 14.8 Å². The third kappa shape index (κ3) is 9.72. The first-order valence-corrected chi connectivity index (χ1v) is 14.1. The fourth-order valence-corrected chi connectivity index (χ4v) is 4.81. The molecule has 1 aromatic carbocycles. The average molecular weight is 605 g/mol. The molecule has 43 heavy (non-hydrogen) atoms. The summed E-state index contributed by atoms with van der Waals surface area (Å²) >= 11 is 0. The molecule has 0 radical (unpaired) electrons. The molecule has 0 saturated carbocycles. The van der Waals surface area contributed by atoms with Crippen LogP contribution >= 0.6 is 0 Å². The second-order valence-electron chi connectivity index (χ2n) is 11.7. The number of halogens is 3. The van der Waals surface area contributed by atoms with Crippen LogP contribution in [0.5, 0.6) is 5.88 Å². The summed E-state index contributed by atoms with van der Waals surface area (Å²) in [5.74, 6) is -2.06. The maximum Gasteiger partial charge on any atom is 0.490 e. The number of benzene rings is 1. The Kier molecular flexibility index (Phi) is 10.8. The number of nitrogens with zero attached hydrogens (tertiary/aromatic N) is 3. The van der Waals surface area contributed by atoms with E-state index in [4.69, 9.17) is 19.6 Å². The number of anilines is 1. The Labute approximate surface area is 249 Å². The highest BCUT2D eigenvalue weighted by molar-refractivity contribution is 5.73. The average Bonchev–Trinajstić information content (AvgIpc) is 3.25. The Hall–Kier alpha value is -4.09. The summed E-state index contributed by atoms with van der Waals surface area (Å²) in [5, 5.41) is 24.8. The molecule has 0 saturated heterocycles. The van der Waals surface area contributed by atoms with Crippen molar-refractivity contribution in [3.05, 3.63) is 70.0 Å². The van der Waals surface area contributed by atoms with Crippen molar-refractivity contribution < 1.29 is 37.7 Å². The highest BCUT2D eigenvalue weighted by Crippen LogP contribution is 2.32. The van der Waals surface area contributed by atoms with Gasteiger partial charge in [-0.15, -0.1) is 0 Å². The lowest BCUT2D eigenvalue weighted by Crippen LogP contribution is -2.21. The summed E-state index contributed by atoms with van der Waals surface area (Å²) in [6.07, 6.45) is -1.56. The first-order valence-electron chi connectivity index (χ1n) is 14.1. The lowest BCUT2D eigenvalue weighted by Gasteiger charge is -2.24. The molecular formula is C31H39F3N4O5. The van der Waals surface area contributed by atoms with E-state index in [1.54, 1.807) is 4.68 Å². The van der Waals surface area contributed by atoms with Gasteiger partial charge in [0.1, 0.15) is 5.82 Å². The van der Waals surface area contributed by atoms with Crippen molar-refractivity contribution in [2.75, 3.05) is 18.5 Å². The van der Waals surface area contributed by atoms with Gasteiger partial charge < -0.3 is 20.3 Å². The van der Waals surface area contributed by atoms with E-state index in [1.807, 2.05) is 20.0 Å². The van der Waals surface area contributed by atoms with Crippen LogP contribution in [0.1, 0.15) is 73.2 Å². The highest BCUT2D eigenvalue weighted by Gasteiger charge is 2.38. The smallest absolute Gasteiger partial charge is 0.481 e. The molecule has 234 valence electrons. The fourth-order valence-electron chi connectivity index (χ4n) is 4.81. The van der Waals surface area contributed by atoms with E-state index in [9.17, 15) is 23.1 Å². The van der Waals surface area contributed by atoms with Gasteiger partial charge in [0.15, 0.2) is 0 Å². The zero-order valence-electron chi connectivity index (χ0n) is 25.1. The Bertz CT molecular complexity index is 1430. The molecule has 0 bridgehead atoms. The molecule has 3 N–H and O–H groups in total. The quantitative estimate of drug-likeness (QED) is 0.278. The first-order chi connectivity index (χ1) is 20.0. The van der Waals surface area contributed by atoms with Crippen molar-refractivity contribution in [3.8, 4) is 5.88 Å². The number of aryl methyl sites for hydroxylation is 3. The number of nitrogens with one attached hydrogen (secondary N) is 1. The number of carboxylic acids is 2. The first kappa shape index (κ1) is 33.4. The van der Waals surface area contributed by atoms with E-state index >= 15 is 0 Å². The van der Waals surface area contributed by atoms with E-state index in [2.05, 4.69) is 61.5 Å². The van der Waals surface area contributed by atoms with Gasteiger partial charge in [0.05, 0.1) is 18.7 Å². The third-order valence-electron chi connectivity index (χ3n) is 7.15. The van der Waals surface area contributed by atoms with Gasteiger partial charge in [-0.05, 0) is 59.9 Å². The van der Waals surface area contributed by atoms with Gasteiger partial charge in [0.25, 0.3) is 0 Å². The van der Waals surface area contributed by atoms with Gasteiger partial charge in [0, 0.05) is 37.7 Å². The second kappa shape index (κ2) is 13.9. The van der Waals surface area contributed by atoms with Gasteiger partial charge in [-0.2, -0.15) is 18.3 Å². The number of carbonyl (C=O) groups is 2. The Balaban J connectivity index is 0.000000646. The Morgan fingerprint density at radius 1 is 1.09 bits per heavy atom. The van der Waals surface area contributed by atoms with Crippen LogP contribution in [0.25, 0.3) is 0 Å². The van der Waals surface area contributed by atoms with Crippen LogP contribution in [-0.2, 0) is 41.3 Å². The zero-order chi connectivity index (χ0) is 31.9. The summed E-state index contributed by atoms with van der Waals surface area (Å²) in [4.78, 5) is 25.4. The van der Waals surface area contributed by atoms with Crippen LogP contribution in [0.15, 0.2) is 36.4 Å². The normalized spacial score (nSPS) is 13.7.